The fourth-order valence-corrected chi connectivity index (χ4v) is 2.70. The van der Waals surface area contributed by atoms with E-state index >= 15 is 0 Å². The predicted octanol–water partition coefficient (Wildman–Crippen LogP) is 1.29. The van der Waals surface area contributed by atoms with Gasteiger partial charge in [-0.2, -0.15) is 0 Å². The molecule has 2 amide bonds. The minimum absolute atomic E-state index is 0.0278. The van der Waals surface area contributed by atoms with E-state index in [0.29, 0.717) is 26.2 Å². The highest BCUT2D eigenvalue weighted by Gasteiger charge is 2.20. The van der Waals surface area contributed by atoms with E-state index < -0.39 is 0 Å². The SMILES string of the molecule is Cc1cc(C)c(OCC(=O)N2CCN(C=O)CC2)c(C)c1. The van der Waals surface area contributed by atoms with Crippen LogP contribution >= 0.6 is 0 Å². The van der Waals surface area contributed by atoms with Gasteiger partial charge in [0.25, 0.3) is 5.91 Å². The van der Waals surface area contributed by atoms with Crippen molar-refractivity contribution in [1.29, 1.82) is 0 Å². The standard InChI is InChI=1S/C16H22N2O3/c1-12-8-13(2)16(14(3)9-12)21-10-15(20)18-6-4-17(11-19)5-7-18/h8-9,11H,4-7,10H2,1-3H3. The Morgan fingerprint density at radius 3 is 2.24 bits per heavy atom. The molecule has 2 rings (SSSR count). The summed E-state index contributed by atoms with van der Waals surface area (Å²) < 4.78 is 5.72. The van der Waals surface area contributed by atoms with Crippen LogP contribution in [0, 0.1) is 20.8 Å². The summed E-state index contributed by atoms with van der Waals surface area (Å²) in [7, 11) is 0. The second kappa shape index (κ2) is 6.61. The molecule has 0 bridgehead atoms. The van der Waals surface area contributed by atoms with E-state index in [-0.39, 0.29) is 12.5 Å². The molecule has 1 saturated heterocycles. The lowest BCUT2D eigenvalue weighted by Gasteiger charge is -2.32. The number of benzene rings is 1. The van der Waals surface area contributed by atoms with Crippen molar-refractivity contribution >= 4 is 12.3 Å². The highest BCUT2D eigenvalue weighted by Crippen LogP contribution is 2.24. The lowest BCUT2D eigenvalue weighted by Crippen LogP contribution is -2.49. The van der Waals surface area contributed by atoms with Crippen molar-refractivity contribution in [2.45, 2.75) is 20.8 Å². The van der Waals surface area contributed by atoms with E-state index in [9.17, 15) is 9.59 Å². The number of piperazine rings is 1. The minimum Gasteiger partial charge on any atom is -0.483 e. The molecule has 1 aromatic rings. The van der Waals surface area contributed by atoms with Crippen LogP contribution in [0.2, 0.25) is 0 Å². The van der Waals surface area contributed by atoms with Crippen molar-refractivity contribution in [3.63, 3.8) is 0 Å². The molecular formula is C16H22N2O3. The van der Waals surface area contributed by atoms with Crippen LogP contribution in [0.1, 0.15) is 16.7 Å². The Morgan fingerprint density at radius 1 is 1.14 bits per heavy atom. The van der Waals surface area contributed by atoms with Crippen LogP contribution in [0.25, 0.3) is 0 Å². The highest BCUT2D eigenvalue weighted by molar-refractivity contribution is 5.78. The molecule has 1 aliphatic heterocycles. The van der Waals surface area contributed by atoms with Gasteiger partial charge < -0.3 is 14.5 Å². The molecule has 114 valence electrons. The predicted molar refractivity (Wildman–Crippen MR) is 80.4 cm³/mol. The Hall–Kier alpha value is -2.04. The summed E-state index contributed by atoms with van der Waals surface area (Å²) in [6, 6.07) is 4.10. The first-order valence-corrected chi connectivity index (χ1v) is 7.19. The number of rotatable bonds is 4. The van der Waals surface area contributed by atoms with Gasteiger partial charge in [-0.25, -0.2) is 0 Å². The Bertz CT molecular complexity index is 511. The monoisotopic (exact) mass is 290 g/mol. The molecule has 0 saturated carbocycles. The van der Waals surface area contributed by atoms with E-state index in [1.54, 1.807) is 9.80 Å². The van der Waals surface area contributed by atoms with Crippen LogP contribution in [-0.4, -0.2) is 54.9 Å². The molecule has 0 spiro atoms. The largest absolute Gasteiger partial charge is 0.483 e. The summed E-state index contributed by atoms with van der Waals surface area (Å²) in [6.45, 7) is 8.41. The molecular weight excluding hydrogens is 268 g/mol. The lowest BCUT2D eigenvalue weighted by atomic mass is 10.1. The maximum atomic E-state index is 12.2. The first-order chi connectivity index (χ1) is 10.0. The smallest absolute Gasteiger partial charge is 0.260 e. The average Bonchev–Trinajstić information content (AvgIpc) is 2.46. The Morgan fingerprint density at radius 2 is 1.71 bits per heavy atom. The Kier molecular flexibility index (Phi) is 4.83. The third kappa shape index (κ3) is 3.74. The normalized spacial score (nSPS) is 15.0. The Balaban J connectivity index is 1.91. The molecule has 1 aliphatic rings. The number of hydrogen-bond acceptors (Lipinski definition) is 3. The lowest BCUT2D eigenvalue weighted by molar-refractivity contribution is -0.137. The van der Waals surface area contributed by atoms with Crippen molar-refractivity contribution in [2.75, 3.05) is 32.8 Å². The van der Waals surface area contributed by atoms with Crippen LogP contribution in [-0.2, 0) is 9.59 Å². The van der Waals surface area contributed by atoms with Crippen LogP contribution in [0.15, 0.2) is 12.1 Å². The van der Waals surface area contributed by atoms with Crippen LogP contribution in [0.3, 0.4) is 0 Å². The average molecular weight is 290 g/mol. The minimum atomic E-state index is -0.0278. The number of carbonyl (C=O) groups is 2. The fraction of sp³-hybridized carbons (Fsp3) is 0.500. The Labute approximate surface area is 125 Å². The van der Waals surface area contributed by atoms with Crippen molar-refractivity contribution < 1.29 is 14.3 Å². The number of ether oxygens (including phenoxy) is 1. The molecule has 0 atom stereocenters. The van der Waals surface area contributed by atoms with Gasteiger partial charge in [-0.05, 0) is 31.9 Å². The van der Waals surface area contributed by atoms with Crippen molar-refractivity contribution in [3.8, 4) is 5.75 Å². The summed E-state index contributed by atoms with van der Waals surface area (Å²) in [5.41, 5.74) is 3.28. The molecule has 0 unspecified atom stereocenters. The molecule has 5 heteroatoms. The summed E-state index contributed by atoms with van der Waals surface area (Å²) in [5.74, 6) is 0.764. The molecule has 1 fully saturated rings. The van der Waals surface area contributed by atoms with E-state index in [1.165, 1.54) is 5.56 Å². The third-order valence-electron chi connectivity index (χ3n) is 3.76. The van der Waals surface area contributed by atoms with Gasteiger partial charge in [-0.3, -0.25) is 9.59 Å². The van der Waals surface area contributed by atoms with Crippen molar-refractivity contribution in [3.05, 3.63) is 28.8 Å². The second-order valence-electron chi connectivity index (χ2n) is 5.54. The molecule has 0 N–H and O–H groups in total. The molecule has 1 aromatic carbocycles. The highest BCUT2D eigenvalue weighted by atomic mass is 16.5. The number of amides is 2. The van der Waals surface area contributed by atoms with Crippen LogP contribution in [0.5, 0.6) is 5.75 Å². The second-order valence-corrected chi connectivity index (χ2v) is 5.54. The van der Waals surface area contributed by atoms with Crippen LogP contribution < -0.4 is 4.74 Å². The van der Waals surface area contributed by atoms with Gasteiger partial charge in [0.1, 0.15) is 5.75 Å². The van der Waals surface area contributed by atoms with Crippen molar-refractivity contribution in [1.82, 2.24) is 9.80 Å². The van der Waals surface area contributed by atoms with Gasteiger partial charge in [-0.1, -0.05) is 17.7 Å². The summed E-state index contributed by atoms with van der Waals surface area (Å²) in [4.78, 5) is 26.2. The summed E-state index contributed by atoms with van der Waals surface area (Å²) >= 11 is 0. The molecule has 0 aromatic heterocycles. The van der Waals surface area contributed by atoms with E-state index in [2.05, 4.69) is 12.1 Å². The summed E-state index contributed by atoms with van der Waals surface area (Å²) in [5, 5.41) is 0. The van der Waals surface area contributed by atoms with Gasteiger partial charge in [0, 0.05) is 26.2 Å². The molecule has 5 nitrogen and oxygen atoms in total. The summed E-state index contributed by atoms with van der Waals surface area (Å²) in [6.07, 6.45) is 0.831. The number of carbonyl (C=O) groups excluding carboxylic acids is 2. The zero-order valence-corrected chi connectivity index (χ0v) is 12.9. The third-order valence-corrected chi connectivity index (χ3v) is 3.76. The van der Waals surface area contributed by atoms with Gasteiger partial charge in [0.15, 0.2) is 6.61 Å². The zero-order chi connectivity index (χ0) is 15.4. The van der Waals surface area contributed by atoms with Crippen LogP contribution in [0.4, 0.5) is 0 Å². The van der Waals surface area contributed by atoms with E-state index in [1.807, 2.05) is 20.8 Å². The topological polar surface area (TPSA) is 49.9 Å². The maximum Gasteiger partial charge on any atom is 0.260 e. The maximum absolute atomic E-state index is 12.2. The number of aryl methyl sites for hydroxylation is 3. The molecule has 0 radical (unpaired) electrons. The molecule has 0 aliphatic carbocycles. The molecule has 21 heavy (non-hydrogen) atoms. The van der Waals surface area contributed by atoms with Gasteiger partial charge in [0.05, 0.1) is 0 Å². The van der Waals surface area contributed by atoms with Gasteiger partial charge in [-0.15, -0.1) is 0 Å². The number of nitrogens with zero attached hydrogens (tertiary/aromatic N) is 2. The van der Waals surface area contributed by atoms with Crippen molar-refractivity contribution in [2.24, 2.45) is 0 Å². The zero-order valence-electron chi connectivity index (χ0n) is 12.9. The quantitative estimate of drug-likeness (QED) is 0.785. The van der Waals surface area contributed by atoms with Gasteiger partial charge >= 0.3 is 0 Å². The number of hydrogen-bond donors (Lipinski definition) is 0. The van der Waals surface area contributed by atoms with E-state index in [0.717, 1.165) is 23.3 Å². The fourth-order valence-electron chi connectivity index (χ4n) is 2.70. The van der Waals surface area contributed by atoms with Gasteiger partial charge in [0.2, 0.25) is 6.41 Å². The first kappa shape index (κ1) is 15.4. The van der Waals surface area contributed by atoms with E-state index in [4.69, 9.17) is 4.74 Å². The molecule has 1 heterocycles. The first-order valence-electron chi connectivity index (χ1n) is 7.19.